The summed E-state index contributed by atoms with van der Waals surface area (Å²) in [7, 11) is 0. The Morgan fingerprint density at radius 2 is 2.25 bits per heavy atom. The fourth-order valence-electron chi connectivity index (χ4n) is 1.47. The van der Waals surface area contributed by atoms with Crippen molar-refractivity contribution in [3.05, 3.63) is 29.8 Å². The number of aldehydes is 1. The zero-order valence-electron chi connectivity index (χ0n) is 6.91. The summed E-state index contributed by atoms with van der Waals surface area (Å²) >= 11 is 0. The van der Waals surface area contributed by atoms with Gasteiger partial charge in [-0.2, -0.15) is 0 Å². The van der Waals surface area contributed by atoms with E-state index in [9.17, 15) is 4.79 Å². The average molecular weight is 162 g/mol. The van der Waals surface area contributed by atoms with Gasteiger partial charge in [0.25, 0.3) is 0 Å². The highest BCUT2D eigenvalue weighted by molar-refractivity contribution is 5.71. The Morgan fingerprint density at radius 3 is 3.00 bits per heavy atom. The van der Waals surface area contributed by atoms with Gasteiger partial charge >= 0.3 is 0 Å². The van der Waals surface area contributed by atoms with Gasteiger partial charge in [0, 0.05) is 5.56 Å². The lowest BCUT2D eigenvalue weighted by atomic mass is 9.86. The quantitative estimate of drug-likeness (QED) is 0.585. The van der Waals surface area contributed by atoms with Crippen molar-refractivity contribution in [3.63, 3.8) is 0 Å². The first-order chi connectivity index (χ1) is 5.76. The second-order valence-corrected chi connectivity index (χ2v) is 3.32. The fourth-order valence-corrected chi connectivity index (χ4v) is 1.47. The average Bonchev–Trinajstić information content (AvgIpc) is 2.46. The van der Waals surface area contributed by atoms with Crippen LogP contribution in [0.4, 0.5) is 0 Å². The molecular formula is C10H10O2. The van der Waals surface area contributed by atoms with E-state index < -0.39 is 5.41 Å². The lowest BCUT2D eigenvalue weighted by molar-refractivity contribution is -0.112. The highest BCUT2D eigenvalue weighted by Gasteiger charge is 2.35. The van der Waals surface area contributed by atoms with Crippen LogP contribution < -0.4 is 4.74 Å². The van der Waals surface area contributed by atoms with Gasteiger partial charge in [0.05, 0.1) is 5.41 Å². The predicted octanol–water partition coefficient (Wildman–Crippen LogP) is 1.54. The van der Waals surface area contributed by atoms with Gasteiger partial charge in [-0.1, -0.05) is 18.2 Å². The van der Waals surface area contributed by atoms with Gasteiger partial charge in [-0.3, -0.25) is 0 Å². The highest BCUT2D eigenvalue weighted by atomic mass is 16.5. The van der Waals surface area contributed by atoms with Crippen LogP contribution in [0.15, 0.2) is 24.3 Å². The molecule has 1 aromatic rings. The van der Waals surface area contributed by atoms with E-state index >= 15 is 0 Å². The molecule has 0 fully saturated rings. The van der Waals surface area contributed by atoms with Crippen molar-refractivity contribution in [1.29, 1.82) is 0 Å². The molecule has 2 rings (SSSR count). The van der Waals surface area contributed by atoms with Crippen LogP contribution in [-0.2, 0) is 10.2 Å². The number of para-hydroxylation sites is 1. The molecule has 0 spiro atoms. The van der Waals surface area contributed by atoms with Crippen molar-refractivity contribution in [2.75, 3.05) is 6.61 Å². The number of hydrogen-bond donors (Lipinski definition) is 0. The third-order valence-electron chi connectivity index (χ3n) is 2.29. The smallest absolute Gasteiger partial charge is 0.133 e. The van der Waals surface area contributed by atoms with Crippen LogP contribution in [0.25, 0.3) is 0 Å². The summed E-state index contributed by atoms with van der Waals surface area (Å²) in [6, 6.07) is 7.67. The Hall–Kier alpha value is -1.31. The third-order valence-corrected chi connectivity index (χ3v) is 2.29. The van der Waals surface area contributed by atoms with E-state index in [1.807, 2.05) is 31.2 Å². The molecule has 2 nitrogen and oxygen atoms in total. The summed E-state index contributed by atoms with van der Waals surface area (Å²) in [6.45, 7) is 2.36. The molecule has 1 aliphatic heterocycles. The number of carbonyl (C=O) groups is 1. The minimum Gasteiger partial charge on any atom is -0.492 e. The van der Waals surface area contributed by atoms with E-state index in [1.165, 1.54) is 0 Å². The van der Waals surface area contributed by atoms with E-state index in [2.05, 4.69) is 0 Å². The van der Waals surface area contributed by atoms with Crippen molar-refractivity contribution in [2.45, 2.75) is 12.3 Å². The van der Waals surface area contributed by atoms with Crippen molar-refractivity contribution in [2.24, 2.45) is 0 Å². The van der Waals surface area contributed by atoms with Crippen LogP contribution in [0.2, 0.25) is 0 Å². The van der Waals surface area contributed by atoms with E-state index in [-0.39, 0.29) is 0 Å². The van der Waals surface area contributed by atoms with Crippen LogP contribution in [0.1, 0.15) is 12.5 Å². The van der Waals surface area contributed by atoms with Gasteiger partial charge in [0.1, 0.15) is 18.6 Å². The molecule has 0 bridgehead atoms. The van der Waals surface area contributed by atoms with Crippen molar-refractivity contribution in [1.82, 2.24) is 0 Å². The normalized spacial score (nSPS) is 26.1. The molecule has 1 atom stereocenters. The summed E-state index contributed by atoms with van der Waals surface area (Å²) in [5.41, 5.74) is 0.566. The molecule has 1 aliphatic rings. The van der Waals surface area contributed by atoms with Gasteiger partial charge in [-0.05, 0) is 13.0 Å². The topological polar surface area (TPSA) is 26.3 Å². The number of hydrogen-bond acceptors (Lipinski definition) is 2. The van der Waals surface area contributed by atoms with Crippen LogP contribution in [-0.4, -0.2) is 12.9 Å². The molecule has 0 amide bonds. The molecule has 2 heteroatoms. The third kappa shape index (κ3) is 0.843. The molecule has 1 aromatic carbocycles. The van der Waals surface area contributed by atoms with Crippen LogP contribution in [0, 0.1) is 0 Å². The van der Waals surface area contributed by atoms with Gasteiger partial charge in [-0.25, -0.2) is 0 Å². The van der Waals surface area contributed by atoms with Crippen LogP contribution >= 0.6 is 0 Å². The maximum atomic E-state index is 10.8. The molecule has 0 saturated heterocycles. The van der Waals surface area contributed by atoms with E-state index in [0.29, 0.717) is 6.61 Å². The Balaban J connectivity index is 2.56. The second kappa shape index (κ2) is 2.34. The van der Waals surface area contributed by atoms with Crippen molar-refractivity contribution < 1.29 is 9.53 Å². The van der Waals surface area contributed by atoms with Crippen molar-refractivity contribution >= 4 is 6.29 Å². The number of carbonyl (C=O) groups excluding carboxylic acids is 1. The standard InChI is InChI=1S/C10H10O2/c1-10(6-11)7-12-9-5-3-2-4-8(9)10/h2-6H,7H2,1H3. The lowest BCUT2D eigenvalue weighted by Gasteiger charge is -2.12. The maximum Gasteiger partial charge on any atom is 0.133 e. The summed E-state index contributed by atoms with van der Waals surface area (Å²) in [5, 5.41) is 0. The maximum absolute atomic E-state index is 10.8. The molecule has 0 N–H and O–H groups in total. The molecule has 0 saturated carbocycles. The van der Waals surface area contributed by atoms with E-state index in [4.69, 9.17) is 4.74 Å². The van der Waals surface area contributed by atoms with E-state index in [1.54, 1.807) is 0 Å². The van der Waals surface area contributed by atoms with Crippen LogP contribution in [0.5, 0.6) is 5.75 Å². The van der Waals surface area contributed by atoms with Crippen molar-refractivity contribution in [3.8, 4) is 5.75 Å². The van der Waals surface area contributed by atoms with Crippen LogP contribution in [0.3, 0.4) is 0 Å². The Bertz CT molecular complexity index is 319. The molecule has 62 valence electrons. The zero-order valence-corrected chi connectivity index (χ0v) is 6.91. The number of fused-ring (bicyclic) bond motifs is 1. The first-order valence-corrected chi connectivity index (χ1v) is 3.95. The predicted molar refractivity (Wildman–Crippen MR) is 45.4 cm³/mol. The number of ether oxygens (including phenoxy) is 1. The monoisotopic (exact) mass is 162 g/mol. The molecular weight excluding hydrogens is 152 g/mol. The SMILES string of the molecule is CC1(C=O)COc2ccccc21. The summed E-state index contributed by atoms with van der Waals surface area (Å²) in [6.07, 6.45) is 0.957. The molecule has 12 heavy (non-hydrogen) atoms. The first kappa shape index (κ1) is 7.35. The van der Waals surface area contributed by atoms with Gasteiger partial charge in [0.15, 0.2) is 0 Å². The van der Waals surface area contributed by atoms with Gasteiger partial charge < -0.3 is 9.53 Å². The first-order valence-electron chi connectivity index (χ1n) is 3.95. The van der Waals surface area contributed by atoms with E-state index in [0.717, 1.165) is 17.6 Å². The van der Waals surface area contributed by atoms with Gasteiger partial charge in [0.2, 0.25) is 0 Å². The molecule has 0 aliphatic carbocycles. The number of benzene rings is 1. The minimum absolute atomic E-state index is 0.434. The molecule has 1 unspecified atom stereocenters. The Morgan fingerprint density at radius 1 is 1.50 bits per heavy atom. The fraction of sp³-hybridized carbons (Fsp3) is 0.300. The lowest BCUT2D eigenvalue weighted by Crippen LogP contribution is -2.25. The molecule has 1 heterocycles. The molecule has 0 radical (unpaired) electrons. The van der Waals surface area contributed by atoms with Gasteiger partial charge in [-0.15, -0.1) is 0 Å². The largest absolute Gasteiger partial charge is 0.492 e. The second-order valence-electron chi connectivity index (χ2n) is 3.32. The Kier molecular flexibility index (Phi) is 1.43. The zero-order chi connectivity index (χ0) is 8.60. The number of rotatable bonds is 1. The summed E-state index contributed by atoms with van der Waals surface area (Å²) < 4.78 is 5.37. The summed E-state index contributed by atoms with van der Waals surface area (Å²) in [5.74, 6) is 0.840. The Labute approximate surface area is 71.2 Å². The summed E-state index contributed by atoms with van der Waals surface area (Å²) in [4.78, 5) is 10.8. The molecule has 0 aromatic heterocycles. The highest BCUT2D eigenvalue weighted by Crippen LogP contribution is 2.36. The minimum atomic E-state index is -0.434.